The Morgan fingerprint density at radius 3 is 2.68 bits per heavy atom. The van der Waals surface area contributed by atoms with Crippen molar-refractivity contribution in [2.45, 2.75) is 5.75 Å². The van der Waals surface area contributed by atoms with E-state index in [1.165, 1.54) is 17.7 Å². The molecule has 0 aliphatic carbocycles. The molecule has 116 valence electrons. The smallest absolute Gasteiger partial charge is 0.170 e. The fourth-order valence-electron chi connectivity index (χ4n) is 1.75. The zero-order valence-electron chi connectivity index (χ0n) is 11.8. The number of anilines is 1. The quantitative estimate of drug-likeness (QED) is 0.580. The van der Waals surface area contributed by atoms with Gasteiger partial charge < -0.3 is 10.6 Å². The molecule has 0 fully saturated rings. The third-order valence-electron chi connectivity index (χ3n) is 2.82. The van der Waals surface area contributed by atoms with Crippen molar-refractivity contribution < 1.29 is 4.39 Å². The van der Waals surface area contributed by atoms with Gasteiger partial charge in [0.25, 0.3) is 0 Å². The molecule has 0 atom stereocenters. The average molecular weight is 355 g/mol. The maximum atomic E-state index is 13.1. The van der Waals surface area contributed by atoms with Gasteiger partial charge in [0.1, 0.15) is 5.82 Å². The molecular weight excluding hydrogens is 339 g/mol. The van der Waals surface area contributed by atoms with Gasteiger partial charge in [-0.3, -0.25) is 0 Å². The van der Waals surface area contributed by atoms with Crippen molar-refractivity contribution in [3.63, 3.8) is 0 Å². The molecule has 0 aromatic heterocycles. The molecule has 0 bridgehead atoms. The van der Waals surface area contributed by atoms with Crippen LogP contribution < -0.4 is 10.6 Å². The third kappa shape index (κ3) is 5.83. The minimum absolute atomic E-state index is 0.0752. The standard InChI is InChI=1S/C16H16ClFN2S2/c17-14-10-13(6-7-15(14)18)20-16(21)19-8-9-22-11-12-4-2-1-3-5-12/h1-7,10H,8-9,11H2,(H2,19,20,21). The molecule has 0 amide bonds. The Hall–Kier alpha value is -1.30. The van der Waals surface area contributed by atoms with Crippen LogP contribution in [0.15, 0.2) is 48.5 Å². The van der Waals surface area contributed by atoms with Gasteiger partial charge in [-0.25, -0.2) is 4.39 Å². The molecule has 22 heavy (non-hydrogen) atoms. The van der Waals surface area contributed by atoms with Crippen LogP contribution in [0, 0.1) is 5.82 Å². The Bertz CT molecular complexity index is 623. The van der Waals surface area contributed by atoms with E-state index in [2.05, 4.69) is 22.8 Å². The lowest BCUT2D eigenvalue weighted by Gasteiger charge is -2.10. The summed E-state index contributed by atoms with van der Waals surface area (Å²) in [6, 6.07) is 14.7. The molecule has 0 aliphatic rings. The highest BCUT2D eigenvalue weighted by atomic mass is 35.5. The van der Waals surface area contributed by atoms with Crippen LogP contribution in [0.2, 0.25) is 5.02 Å². The summed E-state index contributed by atoms with van der Waals surface area (Å²) >= 11 is 12.7. The Morgan fingerprint density at radius 1 is 1.18 bits per heavy atom. The molecule has 6 heteroatoms. The number of nitrogens with one attached hydrogen (secondary N) is 2. The van der Waals surface area contributed by atoms with E-state index in [1.807, 2.05) is 30.0 Å². The molecular formula is C16H16ClFN2S2. The maximum absolute atomic E-state index is 13.1. The number of rotatable bonds is 6. The second-order valence-electron chi connectivity index (χ2n) is 4.55. The second-order valence-corrected chi connectivity index (χ2v) is 6.47. The summed E-state index contributed by atoms with van der Waals surface area (Å²) in [7, 11) is 0. The zero-order valence-corrected chi connectivity index (χ0v) is 14.2. The molecule has 2 aromatic carbocycles. The van der Waals surface area contributed by atoms with Gasteiger partial charge >= 0.3 is 0 Å². The third-order valence-corrected chi connectivity index (χ3v) is 4.39. The highest BCUT2D eigenvalue weighted by Gasteiger charge is 2.02. The molecule has 2 rings (SSSR count). The summed E-state index contributed by atoms with van der Waals surface area (Å²) in [5, 5.41) is 6.67. The first-order valence-electron chi connectivity index (χ1n) is 6.77. The monoisotopic (exact) mass is 354 g/mol. The molecule has 0 aliphatic heterocycles. The Morgan fingerprint density at radius 2 is 1.95 bits per heavy atom. The van der Waals surface area contributed by atoms with E-state index in [0.717, 1.165) is 18.1 Å². The number of benzene rings is 2. The van der Waals surface area contributed by atoms with Crippen LogP contribution in [0.4, 0.5) is 10.1 Å². The lowest BCUT2D eigenvalue weighted by molar-refractivity contribution is 0.628. The largest absolute Gasteiger partial charge is 0.362 e. The topological polar surface area (TPSA) is 24.1 Å². The lowest BCUT2D eigenvalue weighted by atomic mass is 10.2. The summed E-state index contributed by atoms with van der Waals surface area (Å²) in [5.74, 6) is 1.49. The number of thioether (sulfide) groups is 1. The SMILES string of the molecule is Fc1ccc(NC(=S)NCCSCc2ccccc2)cc1Cl. The molecule has 0 radical (unpaired) electrons. The van der Waals surface area contributed by atoms with Crippen LogP contribution in [0.5, 0.6) is 0 Å². The fraction of sp³-hybridized carbons (Fsp3) is 0.188. The predicted octanol–water partition coefficient (Wildman–Crippen LogP) is 4.70. The Labute approximate surface area is 144 Å². The van der Waals surface area contributed by atoms with Crippen molar-refractivity contribution in [2.75, 3.05) is 17.6 Å². The zero-order chi connectivity index (χ0) is 15.8. The summed E-state index contributed by atoms with van der Waals surface area (Å²) in [6.45, 7) is 0.762. The molecule has 2 nitrogen and oxygen atoms in total. The molecule has 2 N–H and O–H groups in total. The van der Waals surface area contributed by atoms with Crippen molar-refractivity contribution in [3.05, 3.63) is 64.9 Å². The number of thiocarbonyl (C=S) groups is 1. The normalized spacial score (nSPS) is 10.3. The summed E-state index contributed by atoms with van der Waals surface area (Å²) in [6.07, 6.45) is 0. The highest BCUT2D eigenvalue weighted by Crippen LogP contribution is 2.19. The van der Waals surface area contributed by atoms with E-state index < -0.39 is 5.82 Å². The van der Waals surface area contributed by atoms with Crippen LogP contribution in [0.1, 0.15) is 5.56 Å². The van der Waals surface area contributed by atoms with E-state index >= 15 is 0 Å². The van der Waals surface area contributed by atoms with E-state index in [-0.39, 0.29) is 5.02 Å². The minimum Gasteiger partial charge on any atom is -0.362 e. The fourth-order valence-corrected chi connectivity index (χ4v) is 2.97. The maximum Gasteiger partial charge on any atom is 0.170 e. The van der Waals surface area contributed by atoms with Gasteiger partial charge in [-0.15, -0.1) is 0 Å². The van der Waals surface area contributed by atoms with E-state index in [0.29, 0.717) is 10.8 Å². The van der Waals surface area contributed by atoms with Crippen LogP contribution in [-0.2, 0) is 5.75 Å². The van der Waals surface area contributed by atoms with Crippen molar-refractivity contribution in [3.8, 4) is 0 Å². The molecule has 0 spiro atoms. The van der Waals surface area contributed by atoms with Crippen LogP contribution in [0.25, 0.3) is 0 Å². The van der Waals surface area contributed by atoms with Gasteiger partial charge in [0.2, 0.25) is 0 Å². The number of hydrogen-bond donors (Lipinski definition) is 2. The summed E-state index contributed by atoms with van der Waals surface area (Å²) in [4.78, 5) is 0. The summed E-state index contributed by atoms with van der Waals surface area (Å²) in [5.41, 5.74) is 1.98. The van der Waals surface area contributed by atoms with Crippen molar-refractivity contribution in [1.29, 1.82) is 0 Å². The number of hydrogen-bond acceptors (Lipinski definition) is 2. The molecule has 0 heterocycles. The minimum atomic E-state index is -0.441. The van der Waals surface area contributed by atoms with Gasteiger partial charge in [0, 0.05) is 23.7 Å². The van der Waals surface area contributed by atoms with E-state index in [1.54, 1.807) is 6.07 Å². The molecule has 0 unspecified atom stereocenters. The van der Waals surface area contributed by atoms with Gasteiger partial charge in [-0.2, -0.15) is 11.8 Å². The predicted molar refractivity (Wildman–Crippen MR) is 98.2 cm³/mol. The van der Waals surface area contributed by atoms with Crippen LogP contribution >= 0.6 is 35.6 Å². The van der Waals surface area contributed by atoms with Crippen LogP contribution in [0.3, 0.4) is 0 Å². The van der Waals surface area contributed by atoms with Crippen LogP contribution in [-0.4, -0.2) is 17.4 Å². The molecule has 2 aromatic rings. The van der Waals surface area contributed by atoms with Gasteiger partial charge in [-0.1, -0.05) is 41.9 Å². The second kappa shape index (κ2) is 8.98. The Balaban J connectivity index is 1.64. The molecule has 0 saturated heterocycles. The van der Waals surface area contributed by atoms with Gasteiger partial charge in [0.05, 0.1) is 5.02 Å². The van der Waals surface area contributed by atoms with Crippen molar-refractivity contribution in [2.24, 2.45) is 0 Å². The molecule has 0 saturated carbocycles. The van der Waals surface area contributed by atoms with Crippen molar-refractivity contribution >= 4 is 46.4 Å². The lowest BCUT2D eigenvalue weighted by Crippen LogP contribution is -2.30. The first-order valence-corrected chi connectivity index (χ1v) is 8.71. The first kappa shape index (κ1) is 17.1. The van der Waals surface area contributed by atoms with E-state index in [9.17, 15) is 4.39 Å². The first-order chi connectivity index (χ1) is 10.6. The average Bonchev–Trinajstić information content (AvgIpc) is 2.52. The van der Waals surface area contributed by atoms with Gasteiger partial charge in [-0.05, 0) is 36.0 Å². The highest BCUT2D eigenvalue weighted by molar-refractivity contribution is 7.98. The number of halogens is 2. The van der Waals surface area contributed by atoms with E-state index in [4.69, 9.17) is 23.8 Å². The van der Waals surface area contributed by atoms with Gasteiger partial charge in [0.15, 0.2) is 5.11 Å². The Kier molecular flexibility index (Phi) is 6.96. The van der Waals surface area contributed by atoms with Crippen molar-refractivity contribution in [1.82, 2.24) is 5.32 Å². The summed E-state index contributed by atoms with van der Waals surface area (Å²) < 4.78 is 13.1.